The third-order valence-electron chi connectivity index (χ3n) is 6.61. The number of anilines is 1. The second-order valence-electron chi connectivity index (χ2n) is 8.65. The van der Waals surface area contributed by atoms with Gasteiger partial charge in [-0.2, -0.15) is 0 Å². The van der Waals surface area contributed by atoms with Crippen LogP contribution in [0.25, 0.3) is 0 Å². The van der Waals surface area contributed by atoms with Gasteiger partial charge in [-0.1, -0.05) is 54.4 Å². The summed E-state index contributed by atoms with van der Waals surface area (Å²) >= 11 is 15.4. The van der Waals surface area contributed by atoms with E-state index in [9.17, 15) is 19.5 Å². The van der Waals surface area contributed by atoms with Gasteiger partial charge in [-0.05, 0) is 52.9 Å². The topological polar surface area (TPSA) is 108 Å². The highest BCUT2D eigenvalue weighted by atomic mass is 79.9. The molecule has 0 bridgehead atoms. The number of ketones is 1. The first-order chi connectivity index (χ1) is 16.6. The number of benzene rings is 1. The van der Waals surface area contributed by atoms with Gasteiger partial charge >= 0.3 is 5.97 Å². The summed E-state index contributed by atoms with van der Waals surface area (Å²) in [6, 6.07) is 6.87. The Bertz CT molecular complexity index is 1250. The molecule has 1 spiro atoms. The van der Waals surface area contributed by atoms with Gasteiger partial charge in [0.05, 0.1) is 25.5 Å². The van der Waals surface area contributed by atoms with Gasteiger partial charge in [0.15, 0.2) is 5.78 Å². The third kappa shape index (κ3) is 4.50. The molecule has 2 aromatic rings. The number of aliphatic carboxylic acids is 1. The summed E-state index contributed by atoms with van der Waals surface area (Å²) in [5.41, 5.74) is 0.00881. The fourth-order valence-corrected chi connectivity index (χ4v) is 5.85. The summed E-state index contributed by atoms with van der Waals surface area (Å²) in [5.74, 6) is -1.49. The van der Waals surface area contributed by atoms with Gasteiger partial charge in [0.1, 0.15) is 5.54 Å². The molecular weight excluding hydrogens is 557 g/mol. The van der Waals surface area contributed by atoms with Crippen molar-refractivity contribution in [2.75, 3.05) is 5.32 Å². The van der Waals surface area contributed by atoms with Crippen LogP contribution in [0.15, 0.2) is 59.0 Å². The molecule has 1 atom stereocenters. The number of nitrogens with one attached hydrogen (secondary N) is 2. The molecule has 0 fully saturated rings. The Morgan fingerprint density at radius 3 is 2.29 bits per heavy atom. The molecule has 182 valence electrons. The predicted molar refractivity (Wildman–Crippen MR) is 138 cm³/mol. The molecule has 0 saturated carbocycles. The zero-order valence-corrected chi connectivity index (χ0v) is 21.8. The standard InChI is InChI=1S/C25H22BrCl2N3O4/c1-2-25(23(34)35,31-20-19(26)21(32)24(20)9-3-4-10-24)11-14-5-7-15(8-6-14)30-22(33)18-16(27)12-29-13-17(18)28/h3-8,12-13,31H,2,9-11H2,1H3,(H,30,33)(H,34,35)/t25-/m0/s1. The molecule has 2 aliphatic rings. The quantitative estimate of drug-likeness (QED) is 0.355. The number of hydrogen-bond acceptors (Lipinski definition) is 5. The molecular formula is C25H22BrCl2N3O4. The first-order valence-electron chi connectivity index (χ1n) is 10.9. The maximum atomic E-state index is 12.6. The smallest absolute Gasteiger partial charge is 0.329 e. The molecule has 1 aromatic heterocycles. The number of rotatable bonds is 8. The van der Waals surface area contributed by atoms with Crippen molar-refractivity contribution >= 4 is 62.5 Å². The van der Waals surface area contributed by atoms with E-state index in [1.807, 2.05) is 12.2 Å². The first-order valence-corrected chi connectivity index (χ1v) is 12.5. The lowest BCUT2D eigenvalue weighted by Crippen LogP contribution is -2.59. The maximum Gasteiger partial charge on any atom is 0.329 e. The number of hydrogen-bond donors (Lipinski definition) is 3. The third-order valence-corrected chi connectivity index (χ3v) is 7.94. The molecule has 0 saturated heterocycles. The maximum absolute atomic E-state index is 12.6. The van der Waals surface area contributed by atoms with Gasteiger partial charge < -0.3 is 15.7 Å². The number of carboxylic acid groups (broad SMARTS) is 1. The largest absolute Gasteiger partial charge is 0.479 e. The first kappa shape index (κ1) is 25.4. The van der Waals surface area contributed by atoms with Crippen LogP contribution < -0.4 is 10.6 Å². The Morgan fingerprint density at radius 1 is 1.14 bits per heavy atom. The van der Waals surface area contributed by atoms with Gasteiger partial charge in [0.25, 0.3) is 5.91 Å². The molecule has 7 nitrogen and oxygen atoms in total. The highest BCUT2D eigenvalue weighted by Gasteiger charge is 2.55. The van der Waals surface area contributed by atoms with Crippen LogP contribution in [-0.4, -0.2) is 33.3 Å². The molecule has 4 rings (SSSR count). The minimum Gasteiger partial charge on any atom is -0.479 e. The van der Waals surface area contributed by atoms with E-state index in [1.54, 1.807) is 31.2 Å². The lowest BCUT2D eigenvalue weighted by Gasteiger charge is -2.44. The zero-order valence-electron chi connectivity index (χ0n) is 18.7. The minimum atomic E-state index is -1.31. The van der Waals surface area contributed by atoms with Crippen LogP contribution >= 0.6 is 39.1 Å². The second kappa shape index (κ2) is 9.76. The van der Waals surface area contributed by atoms with E-state index in [2.05, 4.69) is 31.5 Å². The number of amides is 1. The van der Waals surface area contributed by atoms with Gasteiger partial charge in [-0.15, -0.1) is 0 Å². The lowest BCUT2D eigenvalue weighted by molar-refractivity contribution is -0.145. The molecule has 0 aliphatic heterocycles. The average molecular weight is 579 g/mol. The summed E-state index contributed by atoms with van der Waals surface area (Å²) in [7, 11) is 0. The van der Waals surface area contributed by atoms with E-state index < -0.39 is 22.8 Å². The van der Waals surface area contributed by atoms with E-state index in [0.29, 0.717) is 35.1 Å². The number of carbonyl (C=O) groups is 3. The summed E-state index contributed by atoms with van der Waals surface area (Å²) in [6.45, 7) is 1.80. The summed E-state index contributed by atoms with van der Waals surface area (Å²) in [5, 5.41) is 16.4. The fourth-order valence-electron chi connectivity index (χ4n) is 4.45. The normalized spacial score (nSPS) is 17.8. The van der Waals surface area contributed by atoms with Crippen molar-refractivity contribution in [2.45, 2.75) is 38.1 Å². The summed E-state index contributed by atoms with van der Waals surface area (Å²) in [6.07, 6.45) is 8.16. The Morgan fingerprint density at radius 2 is 1.74 bits per heavy atom. The Hall–Kier alpha value is -2.68. The number of nitrogens with zero attached hydrogens (tertiary/aromatic N) is 1. The van der Waals surface area contributed by atoms with Crippen LogP contribution in [0, 0.1) is 5.41 Å². The highest BCUT2D eigenvalue weighted by Crippen LogP contribution is 2.53. The van der Waals surface area contributed by atoms with Gasteiger partial charge in [0.2, 0.25) is 0 Å². The van der Waals surface area contributed by atoms with Gasteiger partial charge in [-0.3, -0.25) is 14.6 Å². The Kier molecular flexibility index (Phi) is 7.09. The van der Waals surface area contributed by atoms with Crippen LogP contribution in [-0.2, 0) is 16.0 Å². The number of carboxylic acids is 1. The zero-order chi connectivity index (χ0) is 25.4. The van der Waals surface area contributed by atoms with Crippen LogP contribution in [0.4, 0.5) is 5.69 Å². The van der Waals surface area contributed by atoms with Crippen LogP contribution in [0.3, 0.4) is 0 Å². The summed E-state index contributed by atoms with van der Waals surface area (Å²) in [4.78, 5) is 41.5. The van der Waals surface area contributed by atoms with Crippen molar-refractivity contribution in [3.63, 3.8) is 0 Å². The molecule has 0 radical (unpaired) electrons. The Balaban J connectivity index is 1.53. The number of carbonyl (C=O) groups excluding carboxylic acids is 2. The minimum absolute atomic E-state index is 0.00473. The number of aromatic nitrogens is 1. The number of allylic oxidation sites excluding steroid dienone is 4. The number of pyridine rings is 1. The van der Waals surface area contributed by atoms with Crippen molar-refractivity contribution in [1.29, 1.82) is 0 Å². The monoisotopic (exact) mass is 577 g/mol. The summed E-state index contributed by atoms with van der Waals surface area (Å²) < 4.78 is 0.409. The fraction of sp³-hybridized carbons (Fsp3) is 0.280. The molecule has 1 amide bonds. The number of halogens is 3. The van der Waals surface area contributed by atoms with Crippen molar-refractivity contribution < 1.29 is 19.5 Å². The van der Waals surface area contributed by atoms with E-state index in [1.165, 1.54) is 12.4 Å². The Labute approximate surface area is 220 Å². The molecule has 35 heavy (non-hydrogen) atoms. The van der Waals surface area contributed by atoms with Crippen molar-refractivity contribution in [3.8, 4) is 0 Å². The van der Waals surface area contributed by atoms with E-state index >= 15 is 0 Å². The molecule has 2 aliphatic carbocycles. The van der Waals surface area contributed by atoms with Crippen molar-refractivity contribution in [3.05, 3.63) is 80.2 Å². The molecule has 10 heteroatoms. The molecule has 3 N–H and O–H groups in total. The molecule has 1 aromatic carbocycles. The van der Waals surface area contributed by atoms with E-state index in [0.717, 1.165) is 5.56 Å². The molecule has 1 heterocycles. The van der Waals surface area contributed by atoms with Crippen molar-refractivity contribution in [2.24, 2.45) is 5.41 Å². The van der Waals surface area contributed by atoms with Crippen LogP contribution in [0.1, 0.15) is 42.1 Å². The van der Waals surface area contributed by atoms with Gasteiger partial charge in [-0.25, -0.2) is 4.79 Å². The van der Waals surface area contributed by atoms with Crippen LogP contribution in [0.5, 0.6) is 0 Å². The van der Waals surface area contributed by atoms with Gasteiger partial charge in [0, 0.05) is 30.2 Å². The highest BCUT2D eigenvalue weighted by molar-refractivity contribution is 9.12. The van der Waals surface area contributed by atoms with E-state index in [-0.39, 0.29) is 27.8 Å². The second-order valence-corrected chi connectivity index (χ2v) is 10.3. The predicted octanol–water partition coefficient (Wildman–Crippen LogP) is 5.53. The van der Waals surface area contributed by atoms with Crippen LogP contribution in [0.2, 0.25) is 10.0 Å². The van der Waals surface area contributed by atoms with E-state index in [4.69, 9.17) is 23.2 Å². The number of Topliss-reactive ketones (excluding diaryl/α,β-unsaturated/α-hetero) is 1. The SMILES string of the molecule is CC[C@@](Cc1ccc(NC(=O)c2c(Cl)cncc2Cl)cc1)(NC1=C(Br)C(=O)C12CC=CC2)C(=O)O. The average Bonchev–Trinajstić information content (AvgIpc) is 3.34. The lowest BCUT2D eigenvalue weighted by atomic mass is 9.68. The molecule has 0 unspecified atom stereocenters. The van der Waals surface area contributed by atoms with Crippen molar-refractivity contribution in [1.82, 2.24) is 10.3 Å².